The quantitative estimate of drug-likeness (QED) is 0.115. The number of benzene rings is 2. The van der Waals surface area contributed by atoms with Crippen molar-refractivity contribution in [3.05, 3.63) is 45.7 Å². The number of hydrogen-bond donors (Lipinski definition) is 2. The molecule has 10 nitrogen and oxygen atoms in total. The number of Topliss-reactive ketones (excluding diaryl/α,β-unsaturated/α-hetero) is 2. The van der Waals surface area contributed by atoms with Crippen molar-refractivity contribution >= 4 is 66.4 Å². The number of carbonyl (C=O) groups excluding carboxylic acids is 2. The molecule has 1 aliphatic carbocycles. The third-order valence-corrected chi connectivity index (χ3v) is 10.4. The number of halogens is 2. The first-order chi connectivity index (χ1) is 22.3. The molecule has 2 aromatic carbocycles. The highest BCUT2D eigenvalue weighted by Gasteiger charge is 2.45. The smallest absolute Gasteiger partial charge is 0.306 e. The molecule has 0 spiro atoms. The van der Waals surface area contributed by atoms with Crippen LogP contribution in [0, 0.1) is 28.9 Å². The summed E-state index contributed by atoms with van der Waals surface area (Å²) in [4.78, 5) is 48.1. The average Bonchev–Trinajstić information content (AvgIpc) is 3.44. The van der Waals surface area contributed by atoms with Gasteiger partial charge in [-0.25, -0.2) is 8.78 Å². The normalized spacial score (nSPS) is 14.9. The van der Waals surface area contributed by atoms with Crippen molar-refractivity contribution in [2.75, 3.05) is 27.4 Å². The molecule has 0 bridgehead atoms. The number of thiophene rings is 2. The Labute approximate surface area is 275 Å². The Morgan fingerprint density at radius 3 is 1.45 bits per heavy atom. The summed E-state index contributed by atoms with van der Waals surface area (Å²) in [6.07, 6.45) is 0.873. The van der Waals surface area contributed by atoms with Crippen molar-refractivity contribution in [3.8, 4) is 23.0 Å². The molecule has 47 heavy (non-hydrogen) atoms. The first kappa shape index (κ1) is 34.0. The van der Waals surface area contributed by atoms with E-state index in [0.717, 1.165) is 22.7 Å². The van der Waals surface area contributed by atoms with E-state index in [1.54, 1.807) is 12.1 Å². The Kier molecular flexibility index (Phi) is 9.73. The van der Waals surface area contributed by atoms with E-state index in [2.05, 4.69) is 0 Å². The van der Waals surface area contributed by atoms with Crippen molar-refractivity contribution in [3.63, 3.8) is 0 Å². The van der Waals surface area contributed by atoms with E-state index < -0.39 is 52.4 Å². The minimum absolute atomic E-state index is 0.0167. The van der Waals surface area contributed by atoms with Crippen LogP contribution in [0.4, 0.5) is 8.78 Å². The summed E-state index contributed by atoms with van der Waals surface area (Å²) in [6.45, 7) is 2.89. The van der Waals surface area contributed by atoms with Crippen LogP contribution in [0.2, 0.25) is 0 Å². The highest BCUT2D eigenvalue weighted by atomic mass is 32.1. The molecule has 4 aromatic rings. The largest absolute Gasteiger partial charge is 0.493 e. The number of ketones is 2. The van der Waals surface area contributed by atoms with Gasteiger partial charge in [0.15, 0.2) is 46.2 Å². The number of rotatable bonds is 16. The number of aliphatic carboxylic acids is 2. The first-order valence-corrected chi connectivity index (χ1v) is 16.3. The zero-order valence-corrected chi connectivity index (χ0v) is 27.6. The molecule has 1 fully saturated rings. The lowest BCUT2D eigenvalue weighted by Crippen LogP contribution is -2.22. The molecule has 2 N–H and O–H groups in total. The molecule has 2 aromatic heterocycles. The van der Waals surface area contributed by atoms with Gasteiger partial charge >= 0.3 is 11.9 Å². The number of methoxy groups -OCH3 is 2. The Bertz CT molecular complexity index is 1760. The van der Waals surface area contributed by atoms with Gasteiger partial charge in [-0.05, 0) is 25.0 Å². The number of hydrogen-bond acceptors (Lipinski definition) is 10. The van der Waals surface area contributed by atoms with Crippen LogP contribution in [-0.2, 0) is 9.59 Å². The lowest BCUT2D eigenvalue weighted by atomic mass is 10.0. The maximum absolute atomic E-state index is 15.7. The highest BCUT2D eigenvalue weighted by molar-refractivity contribution is 7.21. The Hall–Kier alpha value is -4.30. The Balaban J connectivity index is 1.32. The lowest BCUT2D eigenvalue weighted by Gasteiger charge is -2.20. The van der Waals surface area contributed by atoms with E-state index >= 15 is 8.78 Å². The summed E-state index contributed by atoms with van der Waals surface area (Å²) >= 11 is 2.08. The minimum Gasteiger partial charge on any atom is -0.493 e. The van der Waals surface area contributed by atoms with Gasteiger partial charge in [0.25, 0.3) is 0 Å². The van der Waals surface area contributed by atoms with Gasteiger partial charge in [-0.1, -0.05) is 13.8 Å². The van der Waals surface area contributed by atoms with Gasteiger partial charge in [-0.2, -0.15) is 0 Å². The maximum atomic E-state index is 15.7. The SMILES string of the molecule is COc1cc2sc(C(=O)CC(C)C(=O)O)cc2c(F)c1OCC1(COc2c(OC)cc3sc(C(=O)C[C@H](C)C(=O)O)cc3c2F)CC1. The van der Waals surface area contributed by atoms with Crippen molar-refractivity contribution in [1.29, 1.82) is 0 Å². The molecule has 14 heteroatoms. The van der Waals surface area contributed by atoms with E-state index in [-0.39, 0.29) is 69.6 Å². The third kappa shape index (κ3) is 7.03. The van der Waals surface area contributed by atoms with Gasteiger partial charge in [0.2, 0.25) is 0 Å². The van der Waals surface area contributed by atoms with Gasteiger partial charge in [-0.15, -0.1) is 22.7 Å². The fraction of sp³-hybridized carbons (Fsp3) is 0.394. The van der Waals surface area contributed by atoms with E-state index in [1.807, 2.05) is 0 Å². The van der Waals surface area contributed by atoms with Crippen LogP contribution >= 0.6 is 22.7 Å². The summed E-state index contributed by atoms with van der Waals surface area (Å²) in [6, 6.07) is 5.89. The van der Waals surface area contributed by atoms with Crippen LogP contribution in [0.15, 0.2) is 24.3 Å². The molecule has 0 amide bonds. The molecule has 5 rings (SSSR count). The fourth-order valence-electron chi connectivity index (χ4n) is 4.93. The maximum Gasteiger partial charge on any atom is 0.306 e. The first-order valence-electron chi connectivity index (χ1n) is 14.6. The second-order valence-electron chi connectivity index (χ2n) is 11.8. The molecule has 2 heterocycles. The molecular weight excluding hydrogens is 658 g/mol. The fourth-order valence-corrected chi connectivity index (χ4v) is 7.01. The van der Waals surface area contributed by atoms with Crippen LogP contribution in [0.25, 0.3) is 20.2 Å². The predicted octanol–water partition coefficient (Wildman–Crippen LogP) is 7.24. The standard InChI is InChI=1S/C33H32F2O10S2/c1-15(31(38)39)7-19(36)25-9-17-23(46-25)11-21(42-3)29(27(17)34)44-13-33(5-6-33)14-45-30-22(43-4)12-24-18(28(30)35)10-26(47-24)20(37)8-16(2)32(40)41/h9-12,15-16H,5-8,13-14H2,1-4H3,(H,38,39)(H,40,41)/t15-,16?/m0/s1. The van der Waals surface area contributed by atoms with Crippen molar-refractivity contribution in [1.82, 2.24) is 0 Å². The zero-order valence-electron chi connectivity index (χ0n) is 25.9. The number of carboxylic acids is 2. The van der Waals surface area contributed by atoms with Crippen LogP contribution < -0.4 is 18.9 Å². The molecule has 1 unspecified atom stereocenters. The number of fused-ring (bicyclic) bond motifs is 2. The van der Waals surface area contributed by atoms with E-state index in [9.17, 15) is 19.2 Å². The van der Waals surface area contributed by atoms with Crippen LogP contribution in [0.5, 0.6) is 23.0 Å². The molecule has 2 atom stereocenters. The summed E-state index contributed by atoms with van der Waals surface area (Å²) in [5, 5.41) is 18.6. The summed E-state index contributed by atoms with van der Waals surface area (Å²) < 4.78 is 55.0. The molecule has 1 saturated carbocycles. The second kappa shape index (κ2) is 13.4. The molecule has 1 aliphatic rings. The highest BCUT2D eigenvalue weighted by Crippen LogP contribution is 2.49. The van der Waals surface area contributed by atoms with Crippen LogP contribution in [-0.4, -0.2) is 61.2 Å². The van der Waals surface area contributed by atoms with E-state index in [1.165, 1.54) is 40.2 Å². The average molecular weight is 691 g/mol. The lowest BCUT2D eigenvalue weighted by molar-refractivity contribution is -0.141. The zero-order chi connectivity index (χ0) is 34.2. The monoisotopic (exact) mass is 690 g/mol. The van der Waals surface area contributed by atoms with Gasteiger partial charge in [0.05, 0.1) is 49.0 Å². The van der Waals surface area contributed by atoms with E-state index in [4.69, 9.17) is 29.2 Å². The Morgan fingerprint density at radius 2 is 1.13 bits per heavy atom. The number of carboxylic acid groups (broad SMARTS) is 2. The topological polar surface area (TPSA) is 146 Å². The Morgan fingerprint density at radius 1 is 0.745 bits per heavy atom. The molecule has 250 valence electrons. The molecule has 0 aliphatic heterocycles. The number of carbonyl (C=O) groups is 4. The van der Waals surface area contributed by atoms with Crippen LogP contribution in [0.3, 0.4) is 0 Å². The second-order valence-corrected chi connectivity index (χ2v) is 14.0. The van der Waals surface area contributed by atoms with Crippen molar-refractivity contribution in [2.24, 2.45) is 17.3 Å². The molecule has 0 radical (unpaired) electrons. The van der Waals surface area contributed by atoms with Gasteiger partial charge in [-0.3, -0.25) is 19.2 Å². The summed E-state index contributed by atoms with van der Waals surface area (Å²) in [5.41, 5.74) is -0.565. The van der Waals surface area contributed by atoms with Crippen molar-refractivity contribution in [2.45, 2.75) is 39.5 Å². The van der Waals surface area contributed by atoms with Gasteiger partial charge in [0.1, 0.15) is 0 Å². The minimum atomic E-state index is -1.10. The number of ether oxygens (including phenoxy) is 4. The molecular formula is C33H32F2O10S2. The summed E-state index contributed by atoms with van der Waals surface area (Å²) in [5.74, 6) is -6.30. The summed E-state index contributed by atoms with van der Waals surface area (Å²) in [7, 11) is 2.72. The molecule has 0 saturated heterocycles. The third-order valence-electron chi connectivity index (χ3n) is 8.18. The van der Waals surface area contributed by atoms with Gasteiger partial charge < -0.3 is 29.2 Å². The van der Waals surface area contributed by atoms with Crippen molar-refractivity contribution < 1.29 is 57.1 Å². The van der Waals surface area contributed by atoms with Gasteiger partial charge in [0, 0.05) is 50.6 Å². The van der Waals surface area contributed by atoms with Crippen LogP contribution in [0.1, 0.15) is 58.9 Å². The van der Waals surface area contributed by atoms with E-state index in [0.29, 0.717) is 22.2 Å². The predicted molar refractivity (Wildman–Crippen MR) is 171 cm³/mol.